The molecule has 5 rings (SSSR count). The highest BCUT2D eigenvalue weighted by Gasteiger charge is 2.25. The molecule has 0 radical (unpaired) electrons. The largest absolute Gasteiger partial charge is 0.354 e. The fourth-order valence-electron chi connectivity index (χ4n) is 5.45. The standard InChI is InChI=1S/C27H34N6O/c1-17(2)25-20-12-19(18-8-10-33(11-9-18)24(34)15-31(3)4)6-7-23(20)30-26(25)22-14-32(5)27-21(22)13-28-16-29-27/h6-7,12-14,16-18,30H,8-11,15H2,1-5H3. The molecule has 1 aliphatic heterocycles. The van der Waals surface area contributed by atoms with Crippen molar-refractivity contribution in [1.29, 1.82) is 0 Å². The van der Waals surface area contributed by atoms with Gasteiger partial charge in [0.1, 0.15) is 12.0 Å². The summed E-state index contributed by atoms with van der Waals surface area (Å²) in [5, 5.41) is 2.36. The van der Waals surface area contributed by atoms with Crippen LogP contribution in [0, 0.1) is 0 Å². The van der Waals surface area contributed by atoms with Crippen molar-refractivity contribution in [2.75, 3.05) is 33.7 Å². The van der Waals surface area contributed by atoms with E-state index in [9.17, 15) is 4.79 Å². The summed E-state index contributed by atoms with van der Waals surface area (Å²) in [5.41, 5.74) is 7.12. The molecule has 7 heteroatoms. The summed E-state index contributed by atoms with van der Waals surface area (Å²) >= 11 is 0. The van der Waals surface area contributed by atoms with Gasteiger partial charge in [0.2, 0.25) is 5.91 Å². The van der Waals surface area contributed by atoms with Crippen LogP contribution >= 0.6 is 0 Å². The van der Waals surface area contributed by atoms with Gasteiger partial charge in [0, 0.05) is 54.4 Å². The quantitative estimate of drug-likeness (QED) is 0.478. The molecule has 1 N–H and O–H groups in total. The fraction of sp³-hybridized carbons (Fsp3) is 0.444. The number of aromatic amines is 1. The fourth-order valence-corrected chi connectivity index (χ4v) is 5.45. The molecule has 7 nitrogen and oxygen atoms in total. The lowest BCUT2D eigenvalue weighted by atomic mass is 9.87. The number of hydrogen-bond donors (Lipinski definition) is 1. The first-order chi connectivity index (χ1) is 16.3. The number of aryl methyl sites for hydroxylation is 1. The molecule has 0 saturated carbocycles. The van der Waals surface area contributed by atoms with Gasteiger partial charge in [0.15, 0.2) is 0 Å². The van der Waals surface area contributed by atoms with Crippen molar-refractivity contribution >= 4 is 27.8 Å². The Bertz CT molecular complexity index is 1340. The average molecular weight is 459 g/mol. The lowest BCUT2D eigenvalue weighted by molar-refractivity contribution is -0.132. The van der Waals surface area contributed by atoms with Crippen LogP contribution in [0.15, 0.2) is 36.9 Å². The molecular formula is C27H34N6O. The number of fused-ring (bicyclic) bond motifs is 2. The molecule has 0 aliphatic carbocycles. The molecule has 0 bridgehead atoms. The number of likely N-dealkylation sites (tertiary alicyclic amines) is 1. The van der Waals surface area contributed by atoms with E-state index in [1.54, 1.807) is 6.33 Å². The zero-order valence-electron chi connectivity index (χ0n) is 20.8. The second-order valence-corrected chi connectivity index (χ2v) is 10.2. The predicted molar refractivity (Wildman–Crippen MR) is 137 cm³/mol. The topological polar surface area (TPSA) is 70.0 Å². The normalized spacial score (nSPS) is 15.3. The number of rotatable bonds is 5. The number of aromatic nitrogens is 4. The van der Waals surface area contributed by atoms with Crippen molar-refractivity contribution in [3.8, 4) is 11.3 Å². The van der Waals surface area contributed by atoms with Crippen LogP contribution in [0.1, 0.15) is 49.7 Å². The Morgan fingerprint density at radius 1 is 1.21 bits per heavy atom. The maximum Gasteiger partial charge on any atom is 0.236 e. The Kier molecular flexibility index (Phi) is 5.90. The van der Waals surface area contributed by atoms with Crippen molar-refractivity contribution in [3.63, 3.8) is 0 Å². The number of carbonyl (C=O) groups excluding carboxylic acids is 1. The molecule has 34 heavy (non-hydrogen) atoms. The number of nitrogens with zero attached hydrogens (tertiary/aromatic N) is 5. The number of piperidine rings is 1. The monoisotopic (exact) mass is 458 g/mol. The number of H-pyrrole nitrogens is 1. The molecule has 4 heterocycles. The van der Waals surface area contributed by atoms with Crippen molar-refractivity contribution in [2.45, 2.75) is 38.5 Å². The Hall–Kier alpha value is -3.19. The van der Waals surface area contributed by atoms with Crippen molar-refractivity contribution in [2.24, 2.45) is 7.05 Å². The first kappa shape index (κ1) is 22.6. The summed E-state index contributed by atoms with van der Waals surface area (Å²) in [5.74, 6) is 1.08. The summed E-state index contributed by atoms with van der Waals surface area (Å²) in [6.45, 7) is 6.67. The van der Waals surface area contributed by atoms with Gasteiger partial charge in [0.05, 0.1) is 12.2 Å². The van der Waals surface area contributed by atoms with Crippen LogP contribution in [0.25, 0.3) is 33.2 Å². The van der Waals surface area contributed by atoms with Crippen LogP contribution in [0.3, 0.4) is 0 Å². The maximum atomic E-state index is 12.4. The molecule has 4 aromatic rings. The van der Waals surface area contributed by atoms with Gasteiger partial charge < -0.3 is 19.4 Å². The van der Waals surface area contributed by atoms with E-state index >= 15 is 0 Å². The summed E-state index contributed by atoms with van der Waals surface area (Å²) in [6, 6.07) is 6.88. The van der Waals surface area contributed by atoms with E-state index in [1.807, 2.05) is 37.1 Å². The Morgan fingerprint density at radius 2 is 1.97 bits per heavy atom. The molecule has 178 valence electrons. The Morgan fingerprint density at radius 3 is 2.68 bits per heavy atom. The van der Waals surface area contributed by atoms with Crippen LogP contribution in [0.5, 0.6) is 0 Å². The van der Waals surface area contributed by atoms with Crippen LogP contribution in [-0.4, -0.2) is 69.0 Å². The summed E-state index contributed by atoms with van der Waals surface area (Å²) in [7, 11) is 5.93. The van der Waals surface area contributed by atoms with E-state index in [4.69, 9.17) is 0 Å². The number of carbonyl (C=O) groups is 1. The van der Waals surface area contributed by atoms with Gasteiger partial charge >= 0.3 is 0 Å². The minimum Gasteiger partial charge on any atom is -0.354 e. The SMILES string of the molecule is CC(C)c1c(-c2cn(C)c3ncncc23)[nH]c2ccc(C3CCN(C(=O)CN(C)C)CC3)cc12. The summed E-state index contributed by atoms with van der Waals surface area (Å²) < 4.78 is 2.07. The van der Waals surface area contributed by atoms with Gasteiger partial charge in [-0.2, -0.15) is 0 Å². The van der Waals surface area contributed by atoms with Crippen molar-refractivity contribution < 1.29 is 4.79 Å². The van der Waals surface area contributed by atoms with Gasteiger partial charge in [-0.15, -0.1) is 0 Å². The highest BCUT2D eigenvalue weighted by Crippen LogP contribution is 2.40. The lowest BCUT2D eigenvalue weighted by Crippen LogP contribution is -2.42. The van der Waals surface area contributed by atoms with Crippen LogP contribution in [0.2, 0.25) is 0 Å². The molecule has 1 amide bonds. The van der Waals surface area contributed by atoms with Crippen LogP contribution < -0.4 is 0 Å². The number of amides is 1. The third-order valence-electron chi connectivity index (χ3n) is 7.12. The molecular weight excluding hydrogens is 424 g/mol. The first-order valence-corrected chi connectivity index (χ1v) is 12.2. The van der Waals surface area contributed by atoms with E-state index in [0.29, 0.717) is 18.4 Å². The summed E-state index contributed by atoms with van der Waals surface area (Å²) in [6.07, 6.45) is 7.69. The number of benzene rings is 1. The van der Waals surface area contributed by atoms with E-state index in [1.165, 1.54) is 16.5 Å². The van der Waals surface area contributed by atoms with Crippen LogP contribution in [-0.2, 0) is 11.8 Å². The van der Waals surface area contributed by atoms with E-state index in [2.05, 4.69) is 57.8 Å². The zero-order chi connectivity index (χ0) is 24.0. The highest BCUT2D eigenvalue weighted by atomic mass is 16.2. The van der Waals surface area contributed by atoms with E-state index in [0.717, 1.165) is 53.7 Å². The van der Waals surface area contributed by atoms with Gasteiger partial charge in [0.25, 0.3) is 0 Å². The summed E-state index contributed by atoms with van der Waals surface area (Å²) in [4.78, 5) is 28.9. The second kappa shape index (κ2) is 8.87. The minimum atomic E-state index is 0.232. The Balaban J connectivity index is 1.48. The molecule has 1 aromatic carbocycles. The highest BCUT2D eigenvalue weighted by molar-refractivity contribution is 5.99. The molecule has 3 aromatic heterocycles. The smallest absolute Gasteiger partial charge is 0.236 e. The third kappa shape index (κ3) is 3.98. The van der Waals surface area contributed by atoms with Gasteiger partial charge in [-0.05, 0) is 62.0 Å². The molecule has 1 fully saturated rings. The molecule has 0 unspecified atom stereocenters. The maximum absolute atomic E-state index is 12.4. The zero-order valence-corrected chi connectivity index (χ0v) is 20.8. The minimum absolute atomic E-state index is 0.232. The molecule has 1 saturated heterocycles. The predicted octanol–water partition coefficient (Wildman–Crippen LogP) is 4.51. The average Bonchev–Trinajstić information content (AvgIpc) is 3.36. The Labute approximate surface area is 200 Å². The number of hydrogen-bond acceptors (Lipinski definition) is 4. The number of nitrogens with one attached hydrogen (secondary N) is 1. The lowest BCUT2D eigenvalue weighted by Gasteiger charge is -2.33. The number of likely N-dealkylation sites (N-methyl/N-ethyl adjacent to an activating group) is 1. The molecule has 0 spiro atoms. The first-order valence-electron chi connectivity index (χ1n) is 12.2. The van der Waals surface area contributed by atoms with Gasteiger partial charge in [-0.25, -0.2) is 9.97 Å². The van der Waals surface area contributed by atoms with E-state index in [-0.39, 0.29) is 5.91 Å². The van der Waals surface area contributed by atoms with Gasteiger partial charge in [-0.1, -0.05) is 19.9 Å². The van der Waals surface area contributed by atoms with Crippen molar-refractivity contribution in [3.05, 3.63) is 48.0 Å². The molecule has 0 atom stereocenters. The van der Waals surface area contributed by atoms with E-state index < -0.39 is 0 Å². The van der Waals surface area contributed by atoms with Crippen LogP contribution in [0.4, 0.5) is 0 Å². The van der Waals surface area contributed by atoms with Gasteiger partial charge in [-0.3, -0.25) is 4.79 Å². The second-order valence-electron chi connectivity index (χ2n) is 10.2. The van der Waals surface area contributed by atoms with Crippen molar-refractivity contribution in [1.82, 2.24) is 29.3 Å². The molecule has 1 aliphatic rings. The third-order valence-corrected chi connectivity index (χ3v) is 7.12.